The minimum atomic E-state index is 1.03. The van der Waals surface area contributed by atoms with Crippen LogP contribution in [0.25, 0.3) is 10.9 Å². The molecule has 0 amide bonds. The average molecular weight is 295 g/mol. The van der Waals surface area contributed by atoms with E-state index in [9.17, 15) is 0 Å². The van der Waals surface area contributed by atoms with Crippen molar-refractivity contribution in [1.82, 2.24) is 4.57 Å². The van der Waals surface area contributed by atoms with Crippen LogP contribution < -0.4 is 0 Å². The van der Waals surface area contributed by atoms with Crippen molar-refractivity contribution in [3.05, 3.63) is 65.9 Å². The van der Waals surface area contributed by atoms with Crippen LogP contribution in [0, 0.1) is 6.92 Å². The Morgan fingerprint density at radius 3 is 2.57 bits per heavy atom. The number of hydrogen-bond donors (Lipinski definition) is 0. The van der Waals surface area contributed by atoms with Crippen molar-refractivity contribution < 1.29 is 0 Å². The van der Waals surface area contributed by atoms with E-state index in [0.29, 0.717) is 0 Å². The Morgan fingerprint density at radius 2 is 1.76 bits per heavy atom. The monoisotopic (exact) mass is 295 g/mol. The fourth-order valence-corrected chi connectivity index (χ4v) is 3.85. The maximum atomic E-state index is 2.38. The van der Waals surface area contributed by atoms with Crippen LogP contribution in [-0.4, -0.2) is 4.57 Å². The van der Waals surface area contributed by atoms with Crippen LogP contribution >= 0.6 is 11.8 Å². The van der Waals surface area contributed by atoms with Crippen molar-refractivity contribution in [3.8, 4) is 0 Å². The normalized spacial score (nSPS) is 11.1. The lowest BCUT2D eigenvalue weighted by molar-refractivity contribution is 0.700. The lowest BCUT2D eigenvalue weighted by Gasteiger charge is -2.04. The quantitative estimate of drug-likeness (QED) is 0.550. The minimum absolute atomic E-state index is 1.03. The van der Waals surface area contributed by atoms with Gasteiger partial charge in [0.25, 0.3) is 0 Å². The van der Waals surface area contributed by atoms with Gasteiger partial charge in [-0.3, -0.25) is 0 Å². The molecule has 108 valence electrons. The highest BCUT2D eigenvalue weighted by Crippen LogP contribution is 2.32. The number of rotatable bonds is 5. The van der Waals surface area contributed by atoms with Crippen molar-refractivity contribution in [3.63, 3.8) is 0 Å². The summed E-state index contributed by atoms with van der Waals surface area (Å²) in [6.07, 6.45) is 3.48. The third kappa shape index (κ3) is 3.01. The molecule has 2 heteroatoms. The molecule has 0 radical (unpaired) electrons. The molecule has 1 nitrogen and oxygen atoms in total. The predicted octanol–water partition coefficient (Wildman–Crippen LogP) is 5.65. The number of fused-ring (bicyclic) bond motifs is 1. The summed E-state index contributed by atoms with van der Waals surface area (Å²) in [6.45, 7) is 5.51. The molecule has 3 aromatic rings. The van der Waals surface area contributed by atoms with E-state index in [-0.39, 0.29) is 0 Å². The van der Waals surface area contributed by atoms with Gasteiger partial charge in [0.2, 0.25) is 0 Å². The maximum Gasteiger partial charge on any atom is 0.0491 e. The Labute approximate surface area is 131 Å². The first-order chi connectivity index (χ1) is 10.3. The molecule has 0 aliphatic rings. The molecule has 0 fully saturated rings. The van der Waals surface area contributed by atoms with Crippen LogP contribution in [-0.2, 0) is 12.3 Å². The SMILES string of the molecule is CCCn1cc(SCc2ccccc2C)c2ccccc21. The Balaban J connectivity index is 1.89. The Bertz CT molecular complexity index is 742. The van der Waals surface area contributed by atoms with E-state index in [2.05, 4.69) is 73.1 Å². The largest absolute Gasteiger partial charge is 0.346 e. The Morgan fingerprint density at radius 1 is 1.00 bits per heavy atom. The lowest BCUT2D eigenvalue weighted by atomic mass is 10.1. The molecular formula is C19H21NS. The fourth-order valence-electron chi connectivity index (χ4n) is 2.68. The summed E-state index contributed by atoms with van der Waals surface area (Å²) < 4.78 is 2.38. The molecule has 0 unspecified atom stereocenters. The smallest absolute Gasteiger partial charge is 0.0491 e. The molecule has 0 saturated heterocycles. The summed E-state index contributed by atoms with van der Waals surface area (Å²) >= 11 is 1.94. The van der Waals surface area contributed by atoms with Gasteiger partial charge in [0.05, 0.1) is 0 Å². The number of thioether (sulfide) groups is 1. The van der Waals surface area contributed by atoms with Gasteiger partial charge in [-0.05, 0) is 30.5 Å². The van der Waals surface area contributed by atoms with Crippen molar-refractivity contribution in [2.45, 2.75) is 37.5 Å². The molecule has 2 aromatic carbocycles. The van der Waals surface area contributed by atoms with Gasteiger partial charge in [-0.2, -0.15) is 0 Å². The first-order valence-electron chi connectivity index (χ1n) is 7.54. The molecule has 1 heterocycles. The molecule has 0 spiro atoms. The minimum Gasteiger partial charge on any atom is -0.346 e. The van der Waals surface area contributed by atoms with E-state index in [0.717, 1.165) is 12.3 Å². The van der Waals surface area contributed by atoms with Crippen LogP contribution in [0.5, 0.6) is 0 Å². The number of aromatic nitrogens is 1. The first-order valence-corrected chi connectivity index (χ1v) is 8.53. The highest BCUT2D eigenvalue weighted by atomic mass is 32.2. The summed E-state index contributed by atoms with van der Waals surface area (Å²) in [5.41, 5.74) is 4.16. The van der Waals surface area contributed by atoms with Crippen molar-refractivity contribution in [1.29, 1.82) is 0 Å². The first kappa shape index (κ1) is 14.3. The highest BCUT2D eigenvalue weighted by Gasteiger charge is 2.08. The summed E-state index contributed by atoms with van der Waals surface area (Å²) in [4.78, 5) is 1.39. The van der Waals surface area contributed by atoms with Gasteiger partial charge in [-0.15, -0.1) is 11.8 Å². The second kappa shape index (κ2) is 6.40. The molecule has 21 heavy (non-hydrogen) atoms. The number of hydrogen-bond acceptors (Lipinski definition) is 1. The van der Waals surface area contributed by atoms with E-state index in [1.807, 2.05) is 11.8 Å². The molecule has 3 rings (SSSR count). The zero-order valence-corrected chi connectivity index (χ0v) is 13.5. The van der Waals surface area contributed by atoms with Gasteiger partial charge in [-0.25, -0.2) is 0 Å². The van der Waals surface area contributed by atoms with Gasteiger partial charge in [0.1, 0.15) is 0 Å². The number of para-hydroxylation sites is 1. The van der Waals surface area contributed by atoms with Gasteiger partial charge in [0.15, 0.2) is 0 Å². The van der Waals surface area contributed by atoms with Gasteiger partial charge in [-0.1, -0.05) is 49.4 Å². The number of nitrogens with zero attached hydrogens (tertiary/aromatic N) is 1. The lowest BCUT2D eigenvalue weighted by Crippen LogP contribution is -1.93. The maximum absolute atomic E-state index is 2.38. The summed E-state index contributed by atoms with van der Waals surface area (Å²) in [7, 11) is 0. The summed E-state index contributed by atoms with van der Waals surface area (Å²) in [6, 6.07) is 17.4. The van der Waals surface area contributed by atoms with Crippen LogP contribution in [0.3, 0.4) is 0 Å². The zero-order chi connectivity index (χ0) is 14.7. The predicted molar refractivity (Wildman–Crippen MR) is 93.0 cm³/mol. The van der Waals surface area contributed by atoms with E-state index in [4.69, 9.17) is 0 Å². The summed E-state index contributed by atoms with van der Waals surface area (Å²) in [5, 5.41) is 1.38. The van der Waals surface area contributed by atoms with Gasteiger partial charge in [0, 0.05) is 34.3 Å². The molecule has 0 bridgehead atoms. The van der Waals surface area contributed by atoms with E-state index < -0.39 is 0 Å². The Hall–Kier alpha value is -1.67. The van der Waals surface area contributed by atoms with Crippen molar-refractivity contribution in [2.75, 3.05) is 0 Å². The topological polar surface area (TPSA) is 4.93 Å². The van der Waals surface area contributed by atoms with Crippen LogP contribution in [0.1, 0.15) is 24.5 Å². The van der Waals surface area contributed by atoms with Gasteiger partial charge < -0.3 is 4.57 Å². The second-order valence-electron chi connectivity index (χ2n) is 5.42. The average Bonchev–Trinajstić information content (AvgIpc) is 2.85. The number of benzene rings is 2. The molecular weight excluding hydrogens is 274 g/mol. The van der Waals surface area contributed by atoms with Gasteiger partial charge >= 0.3 is 0 Å². The third-order valence-electron chi connectivity index (χ3n) is 3.86. The highest BCUT2D eigenvalue weighted by molar-refractivity contribution is 7.98. The molecule has 1 aromatic heterocycles. The number of aryl methyl sites for hydroxylation is 2. The Kier molecular flexibility index (Phi) is 4.35. The zero-order valence-electron chi connectivity index (χ0n) is 12.7. The molecule has 0 atom stereocenters. The molecule has 0 aliphatic carbocycles. The van der Waals surface area contributed by atoms with E-state index in [1.165, 1.54) is 33.3 Å². The van der Waals surface area contributed by atoms with Crippen LogP contribution in [0.15, 0.2) is 59.6 Å². The second-order valence-corrected chi connectivity index (χ2v) is 6.44. The standard InChI is InChI=1S/C19H21NS/c1-3-12-20-13-19(17-10-6-7-11-18(17)20)21-14-16-9-5-4-8-15(16)2/h4-11,13H,3,12,14H2,1-2H3. The molecule has 0 aliphatic heterocycles. The van der Waals surface area contributed by atoms with Crippen molar-refractivity contribution >= 4 is 22.7 Å². The molecule has 0 saturated carbocycles. The van der Waals surface area contributed by atoms with Crippen LogP contribution in [0.4, 0.5) is 0 Å². The van der Waals surface area contributed by atoms with Crippen LogP contribution in [0.2, 0.25) is 0 Å². The fraction of sp³-hybridized carbons (Fsp3) is 0.263. The van der Waals surface area contributed by atoms with E-state index >= 15 is 0 Å². The van der Waals surface area contributed by atoms with E-state index in [1.54, 1.807) is 0 Å². The molecule has 0 N–H and O–H groups in total. The van der Waals surface area contributed by atoms with Crippen molar-refractivity contribution in [2.24, 2.45) is 0 Å². The summed E-state index contributed by atoms with van der Waals surface area (Å²) in [5.74, 6) is 1.03. The third-order valence-corrected chi connectivity index (χ3v) is 4.95.